The second kappa shape index (κ2) is 4.21. The normalized spacial score (nSPS) is 15.4. The van der Waals surface area contributed by atoms with Gasteiger partial charge in [-0.05, 0) is 25.5 Å². The summed E-state index contributed by atoms with van der Waals surface area (Å²) in [4.78, 5) is 10.2. The Hall–Kier alpha value is -0.390. The summed E-state index contributed by atoms with van der Waals surface area (Å²) in [6.45, 7) is 6.17. The predicted octanol–water partition coefficient (Wildman–Crippen LogP) is 2.59. The van der Waals surface area contributed by atoms with E-state index in [1.54, 1.807) is 0 Å². The summed E-state index contributed by atoms with van der Waals surface area (Å²) in [6, 6.07) is 8.25. The first-order valence-corrected chi connectivity index (χ1v) is 7.09. The average Bonchev–Trinajstić information content (AvgIpc) is 2.05. The van der Waals surface area contributed by atoms with Gasteiger partial charge in [-0.3, -0.25) is 0 Å². The highest BCUT2D eigenvalue weighted by Crippen LogP contribution is 2.49. The summed E-state index contributed by atoms with van der Waals surface area (Å²) < 4.78 is 0. The lowest BCUT2D eigenvalue weighted by atomic mass is 10.2. The quantitative estimate of drug-likeness (QED) is 0.738. The zero-order chi connectivity index (χ0) is 9.90. The predicted molar refractivity (Wildman–Crippen MR) is 61.0 cm³/mol. The van der Waals surface area contributed by atoms with Gasteiger partial charge in [-0.2, -0.15) is 0 Å². The van der Waals surface area contributed by atoms with Crippen molar-refractivity contribution in [2.24, 2.45) is 0 Å². The molecule has 0 aliphatic heterocycles. The van der Waals surface area contributed by atoms with Crippen molar-refractivity contribution in [1.29, 1.82) is 0 Å². The first kappa shape index (κ1) is 10.7. The van der Waals surface area contributed by atoms with Crippen molar-refractivity contribution < 1.29 is 4.89 Å². The van der Waals surface area contributed by atoms with E-state index >= 15 is 0 Å². The maximum Gasteiger partial charge on any atom is 0.171 e. The molecule has 0 radical (unpaired) electrons. The monoisotopic (exact) mass is 197 g/mol. The molecule has 0 saturated heterocycles. The number of hydrogen-bond donors (Lipinski definition) is 1. The Labute approximate surface area is 81.2 Å². The van der Waals surface area contributed by atoms with Crippen LogP contribution in [0.25, 0.3) is 0 Å². The summed E-state index contributed by atoms with van der Waals surface area (Å²) in [6.07, 6.45) is 1.98. The van der Waals surface area contributed by atoms with Crippen LogP contribution in [0.15, 0.2) is 24.3 Å². The summed E-state index contributed by atoms with van der Waals surface area (Å²) in [5.74, 6) is 0. The van der Waals surface area contributed by atoms with Crippen LogP contribution in [0, 0.1) is 6.92 Å². The minimum atomic E-state index is -1.81. The van der Waals surface area contributed by atoms with Crippen molar-refractivity contribution >= 4 is 12.8 Å². The molecule has 1 N–H and O–H groups in total. The SMILES string of the molecule is CCC[P+](C)(O)c1ccc(C)cc1. The summed E-state index contributed by atoms with van der Waals surface area (Å²) >= 11 is 0. The highest BCUT2D eigenvalue weighted by atomic mass is 31.2. The van der Waals surface area contributed by atoms with Crippen LogP contribution in [0.3, 0.4) is 0 Å². The summed E-state index contributed by atoms with van der Waals surface area (Å²) in [5, 5.41) is 1.12. The molecule has 72 valence electrons. The van der Waals surface area contributed by atoms with Crippen molar-refractivity contribution in [3.8, 4) is 0 Å². The minimum Gasteiger partial charge on any atom is -0.247 e. The number of hydrogen-bond acceptors (Lipinski definition) is 1. The van der Waals surface area contributed by atoms with Crippen LogP contribution in [-0.2, 0) is 0 Å². The van der Waals surface area contributed by atoms with E-state index in [-0.39, 0.29) is 0 Å². The molecule has 0 amide bonds. The molecule has 1 atom stereocenters. The third-order valence-corrected chi connectivity index (χ3v) is 4.98. The van der Waals surface area contributed by atoms with E-state index in [4.69, 9.17) is 0 Å². The van der Waals surface area contributed by atoms with E-state index < -0.39 is 7.49 Å². The minimum absolute atomic E-state index is 0.927. The molecule has 0 aromatic heterocycles. The summed E-state index contributed by atoms with van der Waals surface area (Å²) in [5.41, 5.74) is 1.25. The Morgan fingerprint density at radius 1 is 1.23 bits per heavy atom. The van der Waals surface area contributed by atoms with E-state index in [1.165, 1.54) is 5.56 Å². The van der Waals surface area contributed by atoms with E-state index in [0.717, 1.165) is 17.9 Å². The fourth-order valence-corrected chi connectivity index (χ4v) is 3.35. The first-order valence-electron chi connectivity index (χ1n) is 4.72. The topological polar surface area (TPSA) is 20.2 Å². The van der Waals surface area contributed by atoms with Crippen LogP contribution < -0.4 is 5.30 Å². The van der Waals surface area contributed by atoms with Crippen LogP contribution in [-0.4, -0.2) is 17.7 Å². The highest BCUT2D eigenvalue weighted by molar-refractivity contribution is 7.77. The molecule has 1 aromatic rings. The third kappa shape index (κ3) is 2.79. The van der Waals surface area contributed by atoms with Gasteiger partial charge >= 0.3 is 0 Å². The van der Waals surface area contributed by atoms with Gasteiger partial charge in [-0.1, -0.05) is 24.6 Å². The molecule has 0 heterocycles. The number of rotatable bonds is 3. The van der Waals surface area contributed by atoms with E-state index in [1.807, 2.05) is 6.66 Å². The number of aryl methyl sites for hydroxylation is 1. The molecular weight excluding hydrogens is 179 g/mol. The molecule has 0 bridgehead atoms. The van der Waals surface area contributed by atoms with Crippen molar-refractivity contribution in [2.45, 2.75) is 20.3 Å². The number of benzene rings is 1. The molecule has 0 aliphatic carbocycles. The van der Waals surface area contributed by atoms with E-state index in [0.29, 0.717) is 0 Å². The average molecular weight is 197 g/mol. The first-order chi connectivity index (χ1) is 6.06. The second-order valence-corrected chi connectivity index (χ2v) is 6.94. The van der Waals surface area contributed by atoms with Crippen LogP contribution in [0.4, 0.5) is 0 Å². The Morgan fingerprint density at radius 3 is 2.23 bits per heavy atom. The molecule has 13 heavy (non-hydrogen) atoms. The molecule has 1 nitrogen and oxygen atoms in total. The third-order valence-electron chi connectivity index (χ3n) is 2.25. The van der Waals surface area contributed by atoms with E-state index in [9.17, 15) is 4.89 Å². The van der Waals surface area contributed by atoms with Gasteiger partial charge in [0.15, 0.2) is 7.49 Å². The van der Waals surface area contributed by atoms with Gasteiger partial charge in [-0.25, -0.2) is 4.89 Å². The lowest BCUT2D eigenvalue weighted by Crippen LogP contribution is -2.12. The van der Waals surface area contributed by atoms with Crippen LogP contribution in [0.1, 0.15) is 18.9 Å². The zero-order valence-corrected chi connectivity index (χ0v) is 9.51. The van der Waals surface area contributed by atoms with Gasteiger partial charge in [-0.15, -0.1) is 0 Å². The molecule has 1 unspecified atom stereocenters. The Bertz CT molecular complexity index is 264. The molecule has 0 spiro atoms. The molecule has 0 aliphatic rings. The maximum atomic E-state index is 10.2. The van der Waals surface area contributed by atoms with Crippen LogP contribution in [0.2, 0.25) is 0 Å². The standard InChI is InChI=1S/C11H18OP/c1-4-9-13(3,12)11-7-5-10(2)6-8-11/h5-8,12H,4,9H2,1-3H3/q+1. The van der Waals surface area contributed by atoms with Crippen LogP contribution >= 0.6 is 7.49 Å². The lowest BCUT2D eigenvalue weighted by molar-refractivity contribution is 0.615. The van der Waals surface area contributed by atoms with Crippen molar-refractivity contribution in [1.82, 2.24) is 0 Å². The second-order valence-electron chi connectivity index (χ2n) is 3.70. The highest BCUT2D eigenvalue weighted by Gasteiger charge is 2.30. The van der Waals surface area contributed by atoms with Gasteiger partial charge in [0.2, 0.25) is 0 Å². The Morgan fingerprint density at radius 2 is 1.77 bits per heavy atom. The maximum absolute atomic E-state index is 10.2. The fourth-order valence-electron chi connectivity index (χ4n) is 1.43. The molecule has 1 rings (SSSR count). The van der Waals surface area contributed by atoms with Crippen molar-refractivity contribution in [3.63, 3.8) is 0 Å². The van der Waals surface area contributed by atoms with Crippen LogP contribution in [0.5, 0.6) is 0 Å². The molecule has 0 fully saturated rings. The van der Waals surface area contributed by atoms with Gasteiger partial charge in [0.25, 0.3) is 0 Å². The summed E-state index contributed by atoms with van der Waals surface area (Å²) in [7, 11) is -1.81. The molecule has 2 heteroatoms. The van der Waals surface area contributed by atoms with Gasteiger partial charge in [0.05, 0.1) is 12.8 Å². The fraction of sp³-hybridized carbons (Fsp3) is 0.455. The Balaban J connectivity index is 2.87. The van der Waals surface area contributed by atoms with Crippen molar-refractivity contribution in [3.05, 3.63) is 29.8 Å². The lowest BCUT2D eigenvalue weighted by Gasteiger charge is -2.13. The van der Waals surface area contributed by atoms with Crippen molar-refractivity contribution in [2.75, 3.05) is 12.8 Å². The molecule has 1 aromatic carbocycles. The zero-order valence-electron chi connectivity index (χ0n) is 8.62. The van der Waals surface area contributed by atoms with Gasteiger partial charge < -0.3 is 0 Å². The Kier molecular flexibility index (Phi) is 3.47. The van der Waals surface area contributed by atoms with Gasteiger partial charge in [0, 0.05) is 0 Å². The smallest absolute Gasteiger partial charge is 0.171 e. The molecular formula is C11H18OP+. The van der Waals surface area contributed by atoms with E-state index in [2.05, 4.69) is 38.1 Å². The largest absolute Gasteiger partial charge is 0.247 e. The van der Waals surface area contributed by atoms with Gasteiger partial charge in [0.1, 0.15) is 5.30 Å². The molecule has 0 saturated carbocycles.